The Hall–Kier alpha value is -2.34. The second-order valence-electron chi connectivity index (χ2n) is 4.16. The van der Waals surface area contributed by atoms with Gasteiger partial charge in [-0.3, -0.25) is 4.79 Å². The Morgan fingerprint density at radius 2 is 1.95 bits per heavy atom. The lowest BCUT2D eigenvalue weighted by Crippen LogP contribution is -2.14. The Balaban J connectivity index is 2.26. The van der Waals surface area contributed by atoms with E-state index in [9.17, 15) is 13.6 Å². The van der Waals surface area contributed by atoms with E-state index in [1.807, 2.05) is 0 Å². The summed E-state index contributed by atoms with van der Waals surface area (Å²) < 4.78 is 31.9. The molecule has 0 saturated heterocycles. The van der Waals surface area contributed by atoms with Crippen molar-refractivity contribution < 1.29 is 18.3 Å². The van der Waals surface area contributed by atoms with E-state index in [2.05, 4.69) is 5.32 Å². The third-order valence-corrected chi connectivity index (χ3v) is 3.03. The number of amides is 1. The van der Waals surface area contributed by atoms with Gasteiger partial charge in [-0.1, -0.05) is 11.6 Å². The number of hydrogen-bond acceptors (Lipinski definition) is 3. The first-order chi connectivity index (χ1) is 9.92. The Bertz CT molecular complexity index is 708. The molecule has 2 aromatic carbocycles. The molecular formula is C14H11ClF2N2O2. The zero-order valence-electron chi connectivity index (χ0n) is 10.9. The van der Waals surface area contributed by atoms with Crippen molar-refractivity contribution in [3.63, 3.8) is 0 Å². The number of nitrogens with two attached hydrogens (primary N) is 1. The van der Waals surface area contributed by atoms with Gasteiger partial charge >= 0.3 is 0 Å². The SMILES string of the molecule is COc1ccc(NC(=O)c2cc(F)c(Cl)cc2F)cc1N. The fraction of sp³-hybridized carbons (Fsp3) is 0.0714. The van der Waals surface area contributed by atoms with Crippen LogP contribution in [0.3, 0.4) is 0 Å². The lowest BCUT2D eigenvalue weighted by Gasteiger charge is -2.09. The molecule has 0 unspecified atom stereocenters. The molecule has 0 heterocycles. The van der Waals surface area contributed by atoms with E-state index in [-0.39, 0.29) is 0 Å². The Morgan fingerprint density at radius 3 is 2.57 bits per heavy atom. The van der Waals surface area contributed by atoms with Crippen LogP contribution in [0.15, 0.2) is 30.3 Å². The lowest BCUT2D eigenvalue weighted by atomic mass is 10.2. The van der Waals surface area contributed by atoms with Crippen LogP contribution < -0.4 is 15.8 Å². The number of carbonyl (C=O) groups excluding carboxylic acids is 1. The first-order valence-corrected chi connectivity index (χ1v) is 6.19. The van der Waals surface area contributed by atoms with Crippen molar-refractivity contribution in [2.75, 3.05) is 18.2 Å². The number of hydrogen-bond donors (Lipinski definition) is 2. The molecule has 0 spiro atoms. The van der Waals surface area contributed by atoms with E-state index < -0.39 is 28.1 Å². The van der Waals surface area contributed by atoms with Crippen LogP contribution in [0, 0.1) is 11.6 Å². The molecule has 0 atom stereocenters. The third-order valence-electron chi connectivity index (χ3n) is 2.74. The van der Waals surface area contributed by atoms with E-state index in [1.165, 1.54) is 19.2 Å². The molecule has 0 saturated carbocycles. The summed E-state index contributed by atoms with van der Waals surface area (Å²) in [4.78, 5) is 11.9. The molecule has 0 bridgehead atoms. The predicted molar refractivity (Wildman–Crippen MR) is 76.7 cm³/mol. The average molecular weight is 313 g/mol. The Morgan fingerprint density at radius 1 is 1.24 bits per heavy atom. The maximum Gasteiger partial charge on any atom is 0.258 e. The van der Waals surface area contributed by atoms with Crippen LogP contribution in [0.2, 0.25) is 5.02 Å². The van der Waals surface area contributed by atoms with E-state index >= 15 is 0 Å². The number of nitrogens with one attached hydrogen (secondary N) is 1. The molecule has 0 aliphatic carbocycles. The van der Waals surface area contributed by atoms with Gasteiger partial charge in [0.2, 0.25) is 0 Å². The smallest absolute Gasteiger partial charge is 0.258 e. The molecule has 7 heteroatoms. The summed E-state index contributed by atoms with van der Waals surface area (Å²) in [5.74, 6) is -2.16. The van der Waals surface area contributed by atoms with E-state index in [0.717, 1.165) is 12.1 Å². The summed E-state index contributed by atoms with van der Waals surface area (Å²) in [6.45, 7) is 0. The van der Waals surface area contributed by atoms with E-state index in [4.69, 9.17) is 22.1 Å². The minimum atomic E-state index is -0.916. The fourth-order valence-electron chi connectivity index (χ4n) is 1.71. The molecule has 1 amide bonds. The largest absolute Gasteiger partial charge is 0.495 e. The summed E-state index contributed by atoms with van der Waals surface area (Å²) in [6.07, 6.45) is 0. The van der Waals surface area contributed by atoms with Crippen molar-refractivity contribution in [3.05, 3.63) is 52.6 Å². The highest BCUT2D eigenvalue weighted by molar-refractivity contribution is 6.30. The van der Waals surface area contributed by atoms with Gasteiger partial charge in [-0.25, -0.2) is 8.78 Å². The van der Waals surface area contributed by atoms with Crippen molar-refractivity contribution in [1.29, 1.82) is 0 Å². The standard InChI is InChI=1S/C14H11ClF2N2O2/c1-21-13-3-2-7(4-12(13)18)19-14(20)8-5-11(17)9(15)6-10(8)16/h2-6H,18H2,1H3,(H,19,20). The number of ether oxygens (including phenoxy) is 1. The summed E-state index contributed by atoms with van der Waals surface area (Å²) in [5, 5.41) is 2.02. The van der Waals surface area contributed by atoms with E-state index in [0.29, 0.717) is 17.1 Å². The van der Waals surface area contributed by atoms with Crippen LogP contribution >= 0.6 is 11.6 Å². The number of methoxy groups -OCH3 is 1. The van der Waals surface area contributed by atoms with Gasteiger partial charge in [0.05, 0.1) is 23.4 Å². The average Bonchev–Trinajstić information content (AvgIpc) is 2.43. The fourth-order valence-corrected chi connectivity index (χ4v) is 1.86. The number of benzene rings is 2. The van der Waals surface area contributed by atoms with Gasteiger partial charge in [0.15, 0.2) is 0 Å². The maximum atomic E-state index is 13.6. The van der Waals surface area contributed by atoms with Gasteiger partial charge in [0, 0.05) is 5.69 Å². The zero-order chi connectivity index (χ0) is 15.6. The minimum Gasteiger partial charge on any atom is -0.495 e. The minimum absolute atomic E-state index is 0.304. The van der Waals surface area contributed by atoms with Crippen LogP contribution in [-0.4, -0.2) is 13.0 Å². The highest BCUT2D eigenvalue weighted by atomic mass is 35.5. The summed E-state index contributed by atoms with van der Waals surface area (Å²) >= 11 is 5.43. The first kappa shape index (κ1) is 15.1. The Kier molecular flexibility index (Phi) is 4.28. The highest BCUT2D eigenvalue weighted by Crippen LogP contribution is 2.25. The summed E-state index contributed by atoms with van der Waals surface area (Å²) in [5.41, 5.74) is 5.87. The molecule has 21 heavy (non-hydrogen) atoms. The molecule has 0 aromatic heterocycles. The van der Waals surface area contributed by atoms with Gasteiger partial charge in [-0.05, 0) is 30.3 Å². The number of anilines is 2. The molecule has 4 nitrogen and oxygen atoms in total. The molecule has 0 aliphatic rings. The number of rotatable bonds is 3. The molecule has 0 fully saturated rings. The molecule has 2 aromatic rings. The van der Waals surface area contributed by atoms with Gasteiger partial charge in [0.25, 0.3) is 5.91 Å². The van der Waals surface area contributed by atoms with Crippen LogP contribution in [0.1, 0.15) is 10.4 Å². The summed E-state index contributed by atoms with van der Waals surface area (Å²) in [7, 11) is 1.45. The Labute approximate surface area is 124 Å². The number of carbonyl (C=O) groups is 1. The molecule has 110 valence electrons. The van der Waals surface area contributed by atoms with Crippen molar-refractivity contribution in [1.82, 2.24) is 0 Å². The van der Waals surface area contributed by atoms with Gasteiger partial charge < -0.3 is 15.8 Å². The number of nitrogen functional groups attached to an aromatic ring is 1. The second kappa shape index (κ2) is 5.97. The van der Waals surface area contributed by atoms with Gasteiger partial charge in [0.1, 0.15) is 17.4 Å². The topological polar surface area (TPSA) is 64.3 Å². The maximum absolute atomic E-state index is 13.6. The van der Waals surface area contributed by atoms with Crippen LogP contribution in [0.5, 0.6) is 5.75 Å². The lowest BCUT2D eigenvalue weighted by molar-refractivity contribution is 0.102. The first-order valence-electron chi connectivity index (χ1n) is 5.81. The quantitative estimate of drug-likeness (QED) is 0.674. The van der Waals surface area contributed by atoms with Gasteiger partial charge in [-0.15, -0.1) is 0 Å². The second-order valence-corrected chi connectivity index (χ2v) is 4.56. The highest BCUT2D eigenvalue weighted by Gasteiger charge is 2.16. The molecule has 0 radical (unpaired) electrons. The van der Waals surface area contributed by atoms with Gasteiger partial charge in [-0.2, -0.15) is 0 Å². The van der Waals surface area contributed by atoms with Crippen molar-refractivity contribution in [2.24, 2.45) is 0 Å². The molecular weight excluding hydrogens is 302 g/mol. The van der Waals surface area contributed by atoms with Crippen molar-refractivity contribution >= 4 is 28.9 Å². The van der Waals surface area contributed by atoms with Crippen LogP contribution in [0.25, 0.3) is 0 Å². The van der Waals surface area contributed by atoms with Crippen LogP contribution in [-0.2, 0) is 0 Å². The van der Waals surface area contributed by atoms with E-state index in [1.54, 1.807) is 6.07 Å². The zero-order valence-corrected chi connectivity index (χ0v) is 11.7. The molecule has 3 N–H and O–H groups in total. The predicted octanol–water partition coefficient (Wildman–Crippen LogP) is 3.46. The van der Waals surface area contributed by atoms with Crippen molar-refractivity contribution in [2.45, 2.75) is 0 Å². The molecule has 2 rings (SSSR count). The number of halogens is 3. The third kappa shape index (κ3) is 3.22. The van der Waals surface area contributed by atoms with Crippen molar-refractivity contribution in [3.8, 4) is 5.75 Å². The monoisotopic (exact) mass is 312 g/mol. The molecule has 0 aliphatic heterocycles. The van der Waals surface area contributed by atoms with Crippen LogP contribution in [0.4, 0.5) is 20.2 Å². The summed E-state index contributed by atoms with van der Waals surface area (Å²) in [6, 6.07) is 6.00. The normalized spacial score (nSPS) is 10.3.